The molecule has 1 heterocycles. The Morgan fingerprint density at radius 3 is 2.67 bits per heavy atom. The average molecular weight is 311 g/mol. The van der Waals surface area contributed by atoms with Gasteiger partial charge in [-0.1, -0.05) is 19.9 Å². The number of halogens is 2. The summed E-state index contributed by atoms with van der Waals surface area (Å²) in [7, 11) is 0. The van der Waals surface area contributed by atoms with Crippen molar-refractivity contribution >= 4 is 11.6 Å². The molecule has 0 amide bonds. The van der Waals surface area contributed by atoms with Gasteiger partial charge in [0.05, 0.1) is 11.7 Å². The van der Waals surface area contributed by atoms with Crippen molar-refractivity contribution in [1.82, 2.24) is 9.78 Å². The van der Waals surface area contributed by atoms with E-state index in [0.29, 0.717) is 6.04 Å². The third-order valence-electron chi connectivity index (χ3n) is 3.51. The second kappa shape index (κ2) is 7.46. The number of hydrogen-bond acceptors (Lipinski definition) is 2. The first kappa shape index (κ1) is 15.8. The van der Waals surface area contributed by atoms with Gasteiger partial charge in [-0.05, 0) is 36.6 Å². The molecule has 114 valence electrons. The van der Waals surface area contributed by atoms with Crippen molar-refractivity contribution in [2.75, 3.05) is 0 Å². The smallest absolute Gasteiger partial charge is 0.165 e. The van der Waals surface area contributed by atoms with E-state index in [1.54, 1.807) is 12.1 Å². The number of hydrogen-bond donors (Lipinski definition) is 0. The molecule has 0 atom stereocenters. The van der Waals surface area contributed by atoms with Gasteiger partial charge in [0.2, 0.25) is 0 Å². The molecule has 0 bridgehead atoms. The van der Waals surface area contributed by atoms with Crippen LogP contribution in [-0.4, -0.2) is 9.78 Å². The predicted molar refractivity (Wildman–Crippen MR) is 82.1 cm³/mol. The molecule has 3 nitrogen and oxygen atoms in total. The van der Waals surface area contributed by atoms with E-state index in [9.17, 15) is 4.39 Å². The molecule has 2 rings (SSSR count). The lowest BCUT2D eigenvalue weighted by Crippen LogP contribution is -2.08. The summed E-state index contributed by atoms with van der Waals surface area (Å²) in [6, 6.07) is 7.06. The van der Waals surface area contributed by atoms with Crippen LogP contribution in [0.25, 0.3) is 0 Å². The minimum Gasteiger partial charge on any atom is -0.484 e. The fourth-order valence-corrected chi connectivity index (χ4v) is 2.38. The van der Waals surface area contributed by atoms with Crippen LogP contribution in [0, 0.1) is 5.82 Å². The van der Waals surface area contributed by atoms with Crippen molar-refractivity contribution in [3.63, 3.8) is 0 Å². The Bertz CT molecular complexity index is 581. The van der Waals surface area contributed by atoms with Gasteiger partial charge in [-0.25, -0.2) is 4.39 Å². The summed E-state index contributed by atoms with van der Waals surface area (Å²) in [5.74, 6) is 0.116. The molecule has 1 aromatic carbocycles. The lowest BCUT2D eigenvalue weighted by atomic mass is 10.2. The van der Waals surface area contributed by atoms with Crippen molar-refractivity contribution < 1.29 is 9.13 Å². The van der Waals surface area contributed by atoms with E-state index < -0.39 is 5.82 Å². The highest BCUT2D eigenvalue weighted by atomic mass is 35.5. The van der Waals surface area contributed by atoms with Gasteiger partial charge in [0, 0.05) is 12.1 Å². The van der Waals surface area contributed by atoms with Crippen LogP contribution in [0.5, 0.6) is 5.75 Å². The van der Waals surface area contributed by atoms with E-state index in [0.717, 1.165) is 24.1 Å². The first-order valence-corrected chi connectivity index (χ1v) is 7.72. The minimum atomic E-state index is -0.396. The summed E-state index contributed by atoms with van der Waals surface area (Å²) in [6.07, 6.45) is 4.02. The number of alkyl halides is 1. The number of ether oxygens (including phenoxy) is 1. The third-order valence-corrected chi connectivity index (χ3v) is 3.81. The highest BCUT2D eigenvalue weighted by Crippen LogP contribution is 2.21. The van der Waals surface area contributed by atoms with E-state index in [2.05, 4.69) is 18.9 Å². The maximum atomic E-state index is 13.8. The topological polar surface area (TPSA) is 27.1 Å². The van der Waals surface area contributed by atoms with Gasteiger partial charge >= 0.3 is 0 Å². The molecule has 2 aromatic rings. The molecule has 0 radical (unpaired) electrons. The lowest BCUT2D eigenvalue weighted by molar-refractivity contribution is 0.282. The maximum absolute atomic E-state index is 13.8. The first-order chi connectivity index (χ1) is 10.2. The fourth-order valence-electron chi connectivity index (χ4n) is 2.22. The SMILES string of the molecule is CCC(CC)n1ccc(COc2ccc(CCl)cc2F)n1. The molecule has 0 saturated heterocycles. The number of aromatic nitrogens is 2. The predicted octanol–water partition coefficient (Wildman–Crippen LogP) is 4.70. The molecular formula is C16H20ClFN2O. The number of benzene rings is 1. The molecule has 0 saturated carbocycles. The molecule has 0 aliphatic rings. The Morgan fingerprint density at radius 1 is 1.29 bits per heavy atom. The van der Waals surface area contributed by atoms with Gasteiger partial charge in [-0.15, -0.1) is 11.6 Å². The summed E-state index contributed by atoms with van der Waals surface area (Å²) in [6.45, 7) is 4.53. The Kier molecular flexibility index (Phi) is 5.62. The summed E-state index contributed by atoms with van der Waals surface area (Å²) in [5, 5.41) is 4.48. The highest BCUT2D eigenvalue weighted by Gasteiger charge is 2.09. The zero-order valence-corrected chi connectivity index (χ0v) is 13.1. The molecule has 0 fully saturated rings. The molecular weight excluding hydrogens is 291 g/mol. The molecule has 0 unspecified atom stereocenters. The van der Waals surface area contributed by atoms with Crippen LogP contribution in [0.15, 0.2) is 30.5 Å². The maximum Gasteiger partial charge on any atom is 0.165 e. The Hall–Kier alpha value is -1.55. The second-order valence-electron chi connectivity index (χ2n) is 4.94. The summed E-state index contributed by atoms with van der Waals surface area (Å²) in [5.41, 5.74) is 1.53. The van der Waals surface area contributed by atoms with Crippen molar-refractivity contribution in [3.05, 3.63) is 47.5 Å². The van der Waals surface area contributed by atoms with E-state index in [1.807, 2.05) is 16.9 Å². The van der Waals surface area contributed by atoms with Crippen LogP contribution in [0.3, 0.4) is 0 Å². The van der Waals surface area contributed by atoms with Gasteiger partial charge in [0.1, 0.15) is 6.61 Å². The van der Waals surface area contributed by atoms with Crippen molar-refractivity contribution in [1.29, 1.82) is 0 Å². The van der Waals surface area contributed by atoms with Gasteiger partial charge in [-0.3, -0.25) is 4.68 Å². The Labute approximate surface area is 129 Å². The van der Waals surface area contributed by atoms with Crippen molar-refractivity contribution in [2.24, 2.45) is 0 Å². The van der Waals surface area contributed by atoms with Crippen LogP contribution in [0.1, 0.15) is 44.0 Å². The minimum absolute atomic E-state index is 0.223. The Morgan fingerprint density at radius 2 is 2.05 bits per heavy atom. The molecule has 0 aliphatic heterocycles. The van der Waals surface area contributed by atoms with E-state index in [1.165, 1.54) is 6.07 Å². The second-order valence-corrected chi connectivity index (χ2v) is 5.21. The van der Waals surface area contributed by atoms with E-state index in [-0.39, 0.29) is 18.2 Å². The molecule has 0 N–H and O–H groups in total. The monoisotopic (exact) mass is 310 g/mol. The number of rotatable bonds is 7. The molecule has 0 aliphatic carbocycles. The normalized spacial score (nSPS) is 11.1. The largest absolute Gasteiger partial charge is 0.484 e. The van der Waals surface area contributed by atoms with E-state index in [4.69, 9.17) is 16.3 Å². The van der Waals surface area contributed by atoms with Crippen molar-refractivity contribution in [2.45, 2.75) is 45.2 Å². The van der Waals surface area contributed by atoms with Gasteiger partial charge < -0.3 is 4.74 Å². The average Bonchev–Trinajstić information content (AvgIpc) is 2.96. The first-order valence-electron chi connectivity index (χ1n) is 7.19. The zero-order valence-electron chi connectivity index (χ0n) is 12.4. The van der Waals surface area contributed by atoms with Crippen LogP contribution >= 0.6 is 11.6 Å². The molecule has 0 spiro atoms. The van der Waals surface area contributed by atoms with Gasteiger partial charge in [0.15, 0.2) is 11.6 Å². The van der Waals surface area contributed by atoms with Crippen molar-refractivity contribution in [3.8, 4) is 5.75 Å². The van der Waals surface area contributed by atoms with Gasteiger partial charge in [0.25, 0.3) is 0 Å². The van der Waals surface area contributed by atoms with Crippen LogP contribution in [0.4, 0.5) is 4.39 Å². The Balaban J connectivity index is 2.00. The van der Waals surface area contributed by atoms with Crippen LogP contribution < -0.4 is 4.74 Å². The summed E-state index contributed by atoms with van der Waals surface area (Å²) >= 11 is 5.66. The molecule has 5 heteroatoms. The van der Waals surface area contributed by atoms with Gasteiger partial charge in [-0.2, -0.15) is 5.10 Å². The third kappa shape index (κ3) is 3.97. The fraction of sp³-hybridized carbons (Fsp3) is 0.438. The number of nitrogens with zero attached hydrogens (tertiary/aromatic N) is 2. The zero-order chi connectivity index (χ0) is 15.2. The highest BCUT2D eigenvalue weighted by molar-refractivity contribution is 6.17. The standard InChI is InChI=1S/C16H20ClFN2O/c1-3-14(4-2)20-8-7-13(19-20)11-21-16-6-5-12(10-17)9-15(16)18/h5-9,14H,3-4,10-11H2,1-2H3. The lowest BCUT2D eigenvalue weighted by Gasteiger charge is -2.12. The van der Waals surface area contributed by atoms with E-state index >= 15 is 0 Å². The summed E-state index contributed by atoms with van der Waals surface area (Å²) in [4.78, 5) is 0. The molecule has 21 heavy (non-hydrogen) atoms. The summed E-state index contributed by atoms with van der Waals surface area (Å²) < 4.78 is 21.2. The molecule has 1 aromatic heterocycles. The van der Waals surface area contributed by atoms with Crippen LogP contribution in [0.2, 0.25) is 0 Å². The quantitative estimate of drug-likeness (QED) is 0.693. The van der Waals surface area contributed by atoms with Crippen LogP contribution in [-0.2, 0) is 12.5 Å².